The number of nitrogens with zero attached hydrogens (tertiary/aromatic N) is 3. The van der Waals surface area contributed by atoms with Crippen LogP contribution in [0.4, 0.5) is 8.78 Å². The molecule has 2 aromatic carbocycles. The quantitative estimate of drug-likeness (QED) is 0.577. The van der Waals surface area contributed by atoms with E-state index < -0.39 is 11.6 Å². The number of hydrogen-bond acceptors (Lipinski definition) is 2. The minimum atomic E-state index is -0.668. The van der Waals surface area contributed by atoms with Crippen molar-refractivity contribution in [3.05, 3.63) is 47.2 Å². The molecule has 0 bridgehead atoms. The summed E-state index contributed by atoms with van der Waals surface area (Å²) in [5.41, 5.74) is 3.83. The molecule has 4 rings (SSSR count). The van der Waals surface area contributed by atoms with Gasteiger partial charge in [0.15, 0.2) is 5.82 Å². The van der Waals surface area contributed by atoms with Crippen LogP contribution in [0.5, 0.6) is 0 Å². The number of aromatic amines is 1. The fraction of sp³-hybridized carbons (Fsp3) is 0.176. The van der Waals surface area contributed by atoms with Crippen molar-refractivity contribution in [1.82, 2.24) is 20.0 Å². The van der Waals surface area contributed by atoms with Gasteiger partial charge >= 0.3 is 0 Å². The molecule has 0 amide bonds. The van der Waals surface area contributed by atoms with Crippen molar-refractivity contribution in [1.29, 1.82) is 0 Å². The van der Waals surface area contributed by atoms with Gasteiger partial charge < -0.3 is 0 Å². The molecule has 1 N–H and O–H groups in total. The topological polar surface area (TPSA) is 46.5 Å². The molecule has 4 aromatic rings. The first-order chi connectivity index (χ1) is 11.0. The van der Waals surface area contributed by atoms with Gasteiger partial charge in [0.05, 0.1) is 11.2 Å². The SMILES string of the molecule is Cc1cc(C)c2n[nH]c(-c3c(F)cc(F)c4nn(C)cc34)c2c1. The minimum Gasteiger partial charge on any atom is -0.276 e. The molecule has 0 radical (unpaired) electrons. The molecule has 0 spiro atoms. The molecule has 0 aliphatic heterocycles. The Kier molecular flexibility index (Phi) is 2.78. The van der Waals surface area contributed by atoms with Crippen LogP contribution < -0.4 is 0 Å². The van der Waals surface area contributed by atoms with Gasteiger partial charge in [-0.15, -0.1) is 0 Å². The number of aromatic nitrogens is 4. The van der Waals surface area contributed by atoms with Gasteiger partial charge in [-0.2, -0.15) is 10.2 Å². The maximum absolute atomic E-state index is 14.6. The van der Waals surface area contributed by atoms with Crippen LogP contribution in [0.1, 0.15) is 11.1 Å². The first kappa shape index (κ1) is 13.9. The largest absolute Gasteiger partial charge is 0.276 e. The molecule has 2 aromatic heterocycles. The molecule has 2 heterocycles. The third-order valence-electron chi connectivity index (χ3n) is 4.06. The first-order valence-corrected chi connectivity index (χ1v) is 7.22. The third-order valence-corrected chi connectivity index (χ3v) is 4.06. The monoisotopic (exact) mass is 312 g/mol. The van der Waals surface area contributed by atoms with Crippen LogP contribution in [-0.2, 0) is 7.05 Å². The highest BCUT2D eigenvalue weighted by atomic mass is 19.1. The lowest BCUT2D eigenvalue weighted by Gasteiger charge is -2.05. The Morgan fingerprint density at radius 3 is 2.57 bits per heavy atom. The summed E-state index contributed by atoms with van der Waals surface area (Å²) >= 11 is 0. The fourth-order valence-electron chi connectivity index (χ4n) is 3.14. The number of rotatable bonds is 1. The van der Waals surface area contributed by atoms with Crippen molar-refractivity contribution in [2.24, 2.45) is 7.05 Å². The molecule has 6 heteroatoms. The van der Waals surface area contributed by atoms with E-state index in [9.17, 15) is 8.78 Å². The molecule has 0 aliphatic carbocycles. The molecule has 0 saturated heterocycles. The van der Waals surface area contributed by atoms with E-state index in [0.717, 1.165) is 28.1 Å². The van der Waals surface area contributed by atoms with Gasteiger partial charge in [-0.3, -0.25) is 9.78 Å². The molecule has 0 saturated carbocycles. The van der Waals surface area contributed by atoms with Gasteiger partial charge in [0, 0.05) is 35.6 Å². The number of aryl methyl sites for hydroxylation is 3. The van der Waals surface area contributed by atoms with Gasteiger partial charge in [-0.25, -0.2) is 8.78 Å². The Balaban J connectivity index is 2.15. The van der Waals surface area contributed by atoms with E-state index in [1.54, 1.807) is 13.2 Å². The zero-order valence-electron chi connectivity index (χ0n) is 12.9. The number of hydrogen-bond donors (Lipinski definition) is 1. The Bertz CT molecular complexity index is 1080. The predicted octanol–water partition coefficient (Wildman–Crippen LogP) is 4.01. The molecule has 23 heavy (non-hydrogen) atoms. The highest BCUT2D eigenvalue weighted by Crippen LogP contribution is 2.36. The van der Waals surface area contributed by atoms with Crippen LogP contribution >= 0.6 is 0 Å². The summed E-state index contributed by atoms with van der Waals surface area (Å²) in [5.74, 6) is -1.30. The normalized spacial score (nSPS) is 11.7. The predicted molar refractivity (Wildman–Crippen MR) is 85.2 cm³/mol. The number of fused-ring (bicyclic) bond motifs is 2. The van der Waals surface area contributed by atoms with Crippen LogP contribution in [-0.4, -0.2) is 20.0 Å². The fourth-order valence-corrected chi connectivity index (χ4v) is 3.14. The summed E-state index contributed by atoms with van der Waals surface area (Å²) in [6, 6.07) is 4.85. The second kappa shape index (κ2) is 4.62. The molecular weight excluding hydrogens is 298 g/mol. The van der Waals surface area contributed by atoms with Crippen molar-refractivity contribution in [2.45, 2.75) is 13.8 Å². The average Bonchev–Trinajstić information content (AvgIpc) is 3.03. The summed E-state index contributed by atoms with van der Waals surface area (Å²) in [6.07, 6.45) is 1.62. The van der Waals surface area contributed by atoms with Crippen molar-refractivity contribution in [3.63, 3.8) is 0 Å². The molecule has 116 valence electrons. The standard InChI is InChI=1S/C17H14F2N4/c1-8-4-9(2)15-10(5-8)17(21-20-15)14-11-7-23(3)22-16(11)13(19)6-12(14)18/h4-7H,1-3H3,(H,20,21). The van der Waals surface area contributed by atoms with E-state index in [4.69, 9.17) is 0 Å². The molecule has 0 aliphatic rings. The summed E-state index contributed by atoms with van der Waals surface area (Å²) in [5, 5.41) is 12.5. The maximum atomic E-state index is 14.6. The van der Waals surface area contributed by atoms with Gasteiger partial charge in [-0.05, 0) is 25.5 Å². The van der Waals surface area contributed by atoms with Crippen molar-refractivity contribution < 1.29 is 8.78 Å². The second-order valence-corrected chi connectivity index (χ2v) is 5.86. The van der Waals surface area contributed by atoms with Crippen molar-refractivity contribution in [3.8, 4) is 11.3 Å². The molecule has 0 unspecified atom stereocenters. The lowest BCUT2D eigenvalue weighted by atomic mass is 10.0. The number of H-pyrrole nitrogens is 1. The van der Waals surface area contributed by atoms with Gasteiger partial charge in [0.2, 0.25) is 0 Å². The number of halogens is 2. The Hall–Kier alpha value is -2.76. The van der Waals surface area contributed by atoms with E-state index in [2.05, 4.69) is 15.3 Å². The average molecular weight is 312 g/mol. The minimum absolute atomic E-state index is 0.149. The molecule has 0 fully saturated rings. The number of nitrogens with one attached hydrogen (secondary N) is 1. The first-order valence-electron chi connectivity index (χ1n) is 7.22. The third kappa shape index (κ3) is 1.94. The van der Waals surface area contributed by atoms with Crippen molar-refractivity contribution >= 4 is 21.8 Å². The Morgan fingerprint density at radius 1 is 1.00 bits per heavy atom. The second-order valence-electron chi connectivity index (χ2n) is 5.86. The van der Waals surface area contributed by atoms with E-state index in [0.29, 0.717) is 16.6 Å². The summed E-state index contributed by atoms with van der Waals surface area (Å²) in [7, 11) is 1.68. The summed E-state index contributed by atoms with van der Waals surface area (Å²) < 4.78 is 30.0. The number of benzene rings is 2. The summed E-state index contributed by atoms with van der Waals surface area (Å²) in [6.45, 7) is 3.94. The van der Waals surface area contributed by atoms with Crippen LogP contribution in [0.25, 0.3) is 33.1 Å². The van der Waals surface area contributed by atoms with E-state index in [1.807, 2.05) is 26.0 Å². The Labute approximate surface area is 130 Å². The van der Waals surface area contributed by atoms with Crippen molar-refractivity contribution in [2.75, 3.05) is 0 Å². The molecule has 0 atom stereocenters. The van der Waals surface area contributed by atoms with Gasteiger partial charge in [0.25, 0.3) is 0 Å². The Morgan fingerprint density at radius 2 is 1.78 bits per heavy atom. The highest BCUT2D eigenvalue weighted by molar-refractivity contribution is 6.03. The lowest BCUT2D eigenvalue weighted by Crippen LogP contribution is -1.91. The van der Waals surface area contributed by atoms with Crippen LogP contribution in [0.3, 0.4) is 0 Å². The zero-order valence-corrected chi connectivity index (χ0v) is 12.9. The van der Waals surface area contributed by atoms with Gasteiger partial charge in [-0.1, -0.05) is 11.6 Å². The lowest BCUT2D eigenvalue weighted by molar-refractivity contribution is 0.591. The smallest absolute Gasteiger partial charge is 0.154 e. The van der Waals surface area contributed by atoms with E-state index >= 15 is 0 Å². The van der Waals surface area contributed by atoms with Crippen LogP contribution in [0.15, 0.2) is 24.4 Å². The maximum Gasteiger partial charge on any atom is 0.154 e. The molecule has 4 nitrogen and oxygen atoms in total. The van der Waals surface area contributed by atoms with Crippen LogP contribution in [0.2, 0.25) is 0 Å². The summed E-state index contributed by atoms with van der Waals surface area (Å²) in [4.78, 5) is 0. The van der Waals surface area contributed by atoms with Crippen LogP contribution in [0, 0.1) is 25.5 Å². The molecular formula is C17H14F2N4. The van der Waals surface area contributed by atoms with E-state index in [-0.39, 0.29) is 5.52 Å². The van der Waals surface area contributed by atoms with E-state index in [1.165, 1.54) is 4.68 Å². The highest BCUT2D eigenvalue weighted by Gasteiger charge is 2.20. The van der Waals surface area contributed by atoms with Gasteiger partial charge in [0.1, 0.15) is 11.3 Å². The zero-order chi connectivity index (χ0) is 16.3.